The molecule has 1 aliphatic heterocycles. The lowest BCUT2D eigenvalue weighted by Gasteiger charge is -2.30. The first-order valence-electron chi connectivity index (χ1n) is 5.59. The lowest BCUT2D eigenvalue weighted by atomic mass is 9.89. The van der Waals surface area contributed by atoms with Crippen LogP contribution < -0.4 is 9.47 Å². The number of benzene rings is 1. The van der Waals surface area contributed by atoms with Crippen LogP contribution in [0.25, 0.3) is 6.08 Å². The smallest absolute Gasteiger partial charge is 0.217 e. The van der Waals surface area contributed by atoms with Gasteiger partial charge in [-0.2, -0.15) is 5.26 Å². The minimum Gasteiger partial charge on any atom is -0.493 e. The summed E-state index contributed by atoms with van der Waals surface area (Å²) in [5.41, 5.74) is 0.710. The molecule has 0 aromatic heterocycles. The second-order valence-electron chi connectivity index (χ2n) is 4.30. The lowest BCUT2D eigenvalue weighted by molar-refractivity contribution is 0.0651. The third kappa shape index (κ3) is 1.78. The molecule has 0 aliphatic carbocycles. The SMILES string of the molecule is COc1cc2c(cc1OC)[C@](C)(C#N)OC(C)=C2. The first kappa shape index (κ1) is 12.3. The van der Waals surface area contributed by atoms with Gasteiger partial charge in [0.15, 0.2) is 11.5 Å². The topological polar surface area (TPSA) is 51.5 Å². The van der Waals surface area contributed by atoms with Gasteiger partial charge < -0.3 is 14.2 Å². The van der Waals surface area contributed by atoms with E-state index in [2.05, 4.69) is 6.07 Å². The standard InChI is InChI=1S/C14H15NO3/c1-9-5-10-6-12(16-3)13(17-4)7-11(10)14(2,8-15)18-9/h5-7H,1-4H3/t14-/m0/s1. The van der Waals surface area contributed by atoms with Crippen molar-refractivity contribution in [1.29, 1.82) is 5.26 Å². The zero-order chi connectivity index (χ0) is 13.3. The minimum absolute atomic E-state index is 0.592. The lowest BCUT2D eigenvalue weighted by Crippen LogP contribution is -2.27. The average Bonchev–Trinajstić information content (AvgIpc) is 2.37. The molecule has 4 heteroatoms. The summed E-state index contributed by atoms with van der Waals surface area (Å²) in [7, 11) is 3.16. The Labute approximate surface area is 106 Å². The van der Waals surface area contributed by atoms with Gasteiger partial charge in [-0.3, -0.25) is 0 Å². The third-order valence-electron chi connectivity index (χ3n) is 3.01. The van der Waals surface area contributed by atoms with Crippen molar-refractivity contribution >= 4 is 6.08 Å². The molecule has 0 amide bonds. The maximum Gasteiger partial charge on any atom is 0.217 e. The summed E-state index contributed by atoms with van der Waals surface area (Å²) in [6.45, 7) is 3.57. The van der Waals surface area contributed by atoms with Crippen LogP contribution in [-0.4, -0.2) is 14.2 Å². The van der Waals surface area contributed by atoms with E-state index in [1.807, 2.05) is 19.1 Å². The molecule has 0 spiro atoms. The molecule has 1 aliphatic rings. The van der Waals surface area contributed by atoms with Crippen LogP contribution in [0, 0.1) is 11.3 Å². The molecular formula is C14H15NO3. The second-order valence-corrected chi connectivity index (χ2v) is 4.30. The van der Waals surface area contributed by atoms with Crippen LogP contribution in [0.3, 0.4) is 0 Å². The largest absolute Gasteiger partial charge is 0.493 e. The zero-order valence-corrected chi connectivity index (χ0v) is 10.9. The van der Waals surface area contributed by atoms with Crippen molar-refractivity contribution in [3.8, 4) is 17.6 Å². The summed E-state index contributed by atoms with van der Waals surface area (Å²) in [5, 5.41) is 9.33. The fourth-order valence-electron chi connectivity index (χ4n) is 2.14. The Balaban J connectivity index is 2.69. The number of fused-ring (bicyclic) bond motifs is 1. The Morgan fingerprint density at radius 3 is 2.39 bits per heavy atom. The normalized spacial score (nSPS) is 21.2. The van der Waals surface area contributed by atoms with Gasteiger partial charge in [-0.05, 0) is 37.6 Å². The second kappa shape index (κ2) is 4.26. The van der Waals surface area contributed by atoms with Crippen molar-refractivity contribution in [3.05, 3.63) is 29.0 Å². The van der Waals surface area contributed by atoms with Gasteiger partial charge in [0.1, 0.15) is 6.07 Å². The highest BCUT2D eigenvalue weighted by Crippen LogP contribution is 2.41. The van der Waals surface area contributed by atoms with Crippen molar-refractivity contribution < 1.29 is 14.2 Å². The zero-order valence-electron chi connectivity index (χ0n) is 10.9. The van der Waals surface area contributed by atoms with E-state index in [1.165, 1.54) is 0 Å². The number of ether oxygens (including phenoxy) is 3. The van der Waals surface area contributed by atoms with E-state index in [0.29, 0.717) is 17.3 Å². The third-order valence-corrected chi connectivity index (χ3v) is 3.01. The predicted molar refractivity (Wildman–Crippen MR) is 67.2 cm³/mol. The van der Waals surface area contributed by atoms with E-state index in [4.69, 9.17) is 14.2 Å². The van der Waals surface area contributed by atoms with Crippen molar-refractivity contribution in [2.75, 3.05) is 14.2 Å². The molecule has 0 saturated heterocycles. The van der Waals surface area contributed by atoms with E-state index in [-0.39, 0.29) is 0 Å². The van der Waals surface area contributed by atoms with Crippen LogP contribution in [0.15, 0.2) is 17.9 Å². The fraction of sp³-hybridized carbons (Fsp3) is 0.357. The Kier molecular flexibility index (Phi) is 2.92. The molecule has 94 valence electrons. The molecule has 0 fully saturated rings. The van der Waals surface area contributed by atoms with Crippen LogP contribution >= 0.6 is 0 Å². The molecule has 1 heterocycles. The Bertz CT molecular complexity index is 557. The van der Waals surface area contributed by atoms with Crippen LogP contribution in [0.4, 0.5) is 0 Å². The Morgan fingerprint density at radius 2 is 1.83 bits per heavy atom. The molecule has 0 unspecified atom stereocenters. The first-order valence-corrected chi connectivity index (χ1v) is 5.59. The number of rotatable bonds is 2. The number of methoxy groups -OCH3 is 2. The maximum absolute atomic E-state index is 9.33. The van der Waals surface area contributed by atoms with Crippen molar-refractivity contribution in [2.24, 2.45) is 0 Å². The van der Waals surface area contributed by atoms with E-state index in [9.17, 15) is 5.26 Å². The van der Waals surface area contributed by atoms with Gasteiger partial charge in [0.25, 0.3) is 0 Å². The predicted octanol–water partition coefficient (Wildman–Crippen LogP) is 2.83. The molecule has 0 saturated carbocycles. The van der Waals surface area contributed by atoms with E-state index >= 15 is 0 Å². The first-order chi connectivity index (χ1) is 8.54. The van der Waals surface area contributed by atoms with E-state index < -0.39 is 5.60 Å². The highest BCUT2D eigenvalue weighted by atomic mass is 16.5. The number of nitriles is 1. The fourth-order valence-corrected chi connectivity index (χ4v) is 2.14. The molecule has 2 rings (SSSR count). The molecule has 0 radical (unpaired) electrons. The highest BCUT2D eigenvalue weighted by molar-refractivity contribution is 5.65. The number of hydrogen-bond acceptors (Lipinski definition) is 4. The molecule has 0 N–H and O–H groups in total. The van der Waals surface area contributed by atoms with Crippen molar-refractivity contribution in [1.82, 2.24) is 0 Å². The van der Waals surface area contributed by atoms with Gasteiger partial charge in [-0.1, -0.05) is 0 Å². The quantitative estimate of drug-likeness (QED) is 0.804. The van der Waals surface area contributed by atoms with Crippen LogP contribution in [0.5, 0.6) is 11.5 Å². The van der Waals surface area contributed by atoms with Gasteiger partial charge in [-0.15, -0.1) is 0 Å². The average molecular weight is 245 g/mol. The molecule has 4 nitrogen and oxygen atoms in total. The van der Waals surface area contributed by atoms with E-state index in [0.717, 1.165) is 11.1 Å². The van der Waals surface area contributed by atoms with Gasteiger partial charge in [0, 0.05) is 5.56 Å². The van der Waals surface area contributed by atoms with Gasteiger partial charge in [-0.25, -0.2) is 0 Å². The highest BCUT2D eigenvalue weighted by Gasteiger charge is 2.35. The van der Waals surface area contributed by atoms with E-state index in [1.54, 1.807) is 27.2 Å². The summed E-state index contributed by atoms with van der Waals surface area (Å²) < 4.78 is 16.1. The number of allylic oxidation sites excluding steroid dienone is 1. The van der Waals surface area contributed by atoms with Gasteiger partial charge in [0.05, 0.1) is 20.0 Å². The van der Waals surface area contributed by atoms with Gasteiger partial charge in [0.2, 0.25) is 5.60 Å². The summed E-state index contributed by atoms with van der Waals surface area (Å²) >= 11 is 0. The van der Waals surface area contributed by atoms with Gasteiger partial charge >= 0.3 is 0 Å². The number of hydrogen-bond donors (Lipinski definition) is 0. The number of nitrogens with zero attached hydrogens (tertiary/aromatic N) is 1. The molecule has 0 bridgehead atoms. The molecule has 1 aromatic rings. The minimum atomic E-state index is -0.992. The monoisotopic (exact) mass is 245 g/mol. The Morgan fingerprint density at radius 1 is 1.22 bits per heavy atom. The maximum atomic E-state index is 9.33. The summed E-state index contributed by atoms with van der Waals surface area (Å²) in [6.07, 6.45) is 1.89. The summed E-state index contributed by atoms with van der Waals surface area (Å²) in [4.78, 5) is 0. The Hall–Kier alpha value is -2.15. The molecule has 1 atom stereocenters. The molecule has 18 heavy (non-hydrogen) atoms. The van der Waals surface area contributed by atoms with Crippen LogP contribution in [-0.2, 0) is 10.3 Å². The van der Waals surface area contributed by atoms with Crippen molar-refractivity contribution in [3.63, 3.8) is 0 Å². The van der Waals surface area contributed by atoms with Crippen LogP contribution in [0.1, 0.15) is 25.0 Å². The van der Waals surface area contributed by atoms with Crippen molar-refractivity contribution in [2.45, 2.75) is 19.4 Å². The molecule has 1 aromatic carbocycles. The molecular weight excluding hydrogens is 230 g/mol. The van der Waals surface area contributed by atoms with Crippen LogP contribution in [0.2, 0.25) is 0 Å². The summed E-state index contributed by atoms with van der Waals surface area (Å²) in [5.74, 6) is 1.94. The summed E-state index contributed by atoms with van der Waals surface area (Å²) in [6, 6.07) is 5.85.